The first-order valence-corrected chi connectivity index (χ1v) is 8.96. The Labute approximate surface area is 155 Å². The van der Waals surface area contributed by atoms with E-state index in [0.29, 0.717) is 36.8 Å². The van der Waals surface area contributed by atoms with Gasteiger partial charge in [-0.2, -0.15) is 0 Å². The van der Waals surface area contributed by atoms with Gasteiger partial charge in [0.25, 0.3) is 0 Å². The highest BCUT2D eigenvalue weighted by atomic mass is 35.5. The van der Waals surface area contributed by atoms with Crippen LogP contribution in [0.4, 0.5) is 10.5 Å². The van der Waals surface area contributed by atoms with Crippen molar-refractivity contribution in [2.75, 3.05) is 25.0 Å². The van der Waals surface area contributed by atoms with Gasteiger partial charge < -0.3 is 15.1 Å². The molecular formula is C17H19ClN6O2. The van der Waals surface area contributed by atoms with Crippen LogP contribution in [0.1, 0.15) is 24.6 Å². The minimum atomic E-state index is -0.147. The van der Waals surface area contributed by atoms with Gasteiger partial charge in [0.15, 0.2) is 0 Å². The molecule has 26 heavy (non-hydrogen) atoms. The number of nitrogens with zero attached hydrogens (tertiary/aromatic N) is 5. The summed E-state index contributed by atoms with van der Waals surface area (Å²) in [5.74, 6) is 0.174. The molecule has 4 rings (SSSR count). The molecule has 0 unspecified atom stereocenters. The summed E-state index contributed by atoms with van der Waals surface area (Å²) in [6.07, 6.45) is 3.40. The topological polar surface area (TPSA) is 83.4 Å². The van der Waals surface area contributed by atoms with E-state index in [0.717, 1.165) is 18.7 Å². The maximum Gasteiger partial charge on any atom is 0.321 e. The summed E-state index contributed by atoms with van der Waals surface area (Å²) in [5.41, 5.74) is 1.49. The Morgan fingerprint density at radius 3 is 2.73 bits per heavy atom. The predicted molar refractivity (Wildman–Crippen MR) is 95.8 cm³/mol. The van der Waals surface area contributed by atoms with E-state index in [1.807, 2.05) is 6.20 Å². The number of halogens is 1. The number of hydrogen-bond acceptors (Lipinski definition) is 4. The molecule has 1 aromatic carbocycles. The molecule has 0 atom stereocenters. The fourth-order valence-electron chi connectivity index (χ4n) is 3.16. The number of rotatable bonds is 4. The molecule has 0 aliphatic carbocycles. The summed E-state index contributed by atoms with van der Waals surface area (Å²) >= 11 is 5.84. The van der Waals surface area contributed by atoms with Gasteiger partial charge in [0.05, 0.1) is 18.8 Å². The van der Waals surface area contributed by atoms with Gasteiger partial charge >= 0.3 is 6.03 Å². The number of likely N-dealkylation sites (tertiary alicyclic amines) is 2. The van der Waals surface area contributed by atoms with Crippen LogP contribution in [0.5, 0.6) is 0 Å². The van der Waals surface area contributed by atoms with Crippen molar-refractivity contribution in [3.05, 3.63) is 41.2 Å². The summed E-state index contributed by atoms with van der Waals surface area (Å²) in [4.78, 5) is 27.4. The van der Waals surface area contributed by atoms with E-state index in [2.05, 4.69) is 15.6 Å². The first kappa shape index (κ1) is 16.8. The van der Waals surface area contributed by atoms with Crippen LogP contribution in [0.15, 0.2) is 30.5 Å². The van der Waals surface area contributed by atoms with Crippen molar-refractivity contribution in [1.82, 2.24) is 24.8 Å². The van der Waals surface area contributed by atoms with E-state index in [1.165, 1.54) is 0 Å². The number of amides is 3. The molecule has 8 nitrogen and oxygen atoms in total. The van der Waals surface area contributed by atoms with Crippen LogP contribution in [0.3, 0.4) is 0 Å². The van der Waals surface area contributed by atoms with Gasteiger partial charge in [-0.25, -0.2) is 9.48 Å². The number of benzene rings is 1. The Bertz CT molecular complexity index is 815. The second-order valence-electron chi connectivity index (χ2n) is 6.60. The molecule has 2 aliphatic rings. The van der Waals surface area contributed by atoms with Crippen molar-refractivity contribution in [3.63, 3.8) is 0 Å². The van der Waals surface area contributed by atoms with Gasteiger partial charge in [-0.15, -0.1) is 5.10 Å². The lowest BCUT2D eigenvalue weighted by Gasteiger charge is -2.38. The van der Waals surface area contributed by atoms with Gasteiger partial charge in [-0.3, -0.25) is 4.79 Å². The molecular weight excluding hydrogens is 356 g/mol. The molecule has 1 aromatic heterocycles. The van der Waals surface area contributed by atoms with Crippen LogP contribution in [0, 0.1) is 0 Å². The Hall–Kier alpha value is -2.61. The van der Waals surface area contributed by atoms with Gasteiger partial charge in [-0.1, -0.05) is 16.8 Å². The molecule has 2 aromatic rings. The summed E-state index contributed by atoms with van der Waals surface area (Å²) in [7, 11) is 0. The third kappa shape index (κ3) is 3.50. The van der Waals surface area contributed by atoms with Crippen molar-refractivity contribution in [1.29, 1.82) is 0 Å². The highest BCUT2D eigenvalue weighted by Gasteiger charge is 2.33. The van der Waals surface area contributed by atoms with Crippen molar-refractivity contribution in [2.24, 2.45) is 0 Å². The van der Waals surface area contributed by atoms with Gasteiger partial charge in [-0.05, 0) is 30.7 Å². The largest absolute Gasteiger partial charge is 0.337 e. The summed E-state index contributed by atoms with van der Waals surface area (Å²) in [6.45, 7) is 2.44. The van der Waals surface area contributed by atoms with Crippen LogP contribution < -0.4 is 5.32 Å². The lowest BCUT2D eigenvalue weighted by molar-refractivity contribution is -0.128. The fraction of sp³-hybridized carbons (Fsp3) is 0.412. The SMILES string of the molecule is O=C1CCCN1Cc1cn(C2CN(C(=O)Nc3ccc(Cl)cc3)C2)nn1. The molecule has 0 saturated carbocycles. The molecule has 3 heterocycles. The number of aromatic nitrogens is 3. The Kier molecular flexibility index (Phi) is 4.50. The smallest absolute Gasteiger partial charge is 0.321 e. The van der Waals surface area contributed by atoms with Crippen molar-refractivity contribution >= 4 is 29.2 Å². The normalized spacial score (nSPS) is 17.5. The number of urea groups is 1. The van der Waals surface area contributed by atoms with Crippen LogP contribution in [0.25, 0.3) is 0 Å². The van der Waals surface area contributed by atoms with Crippen LogP contribution in [-0.2, 0) is 11.3 Å². The molecule has 2 aliphatic heterocycles. The maximum atomic E-state index is 12.2. The molecule has 2 fully saturated rings. The zero-order valence-electron chi connectivity index (χ0n) is 14.1. The molecule has 0 radical (unpaired) electrons. The quantitative estimate of drug-likeness (QED) is 0.888. The Morgan fingerprint density at radius 2 is 2.04 bits per heavy atom. The summed E-state index contributed by atoms with van der Waals surface area (Å²) in [6, 6.07) is 6.96. The first-order valence-electron chi connectivity index (χ1n) is 8.58. The molecule has 136 valence electrons. The van der Waals surface area contributed by atoms with Crippen molar-refractivity contribution < 1.29 is 9.59 Å². The first-order chi connectivity index (χ1) is 12.6. The maximum absolute atomic E-state index is 12.2. The summed E-state index contributed by atoms with van der Waals surface area (Å²) < 4.78 is 1.78. The predicted octanol–water partition coefficient (Wildman–Crippen LogP) is 2.14. The molecule has 1 N–H and O–H groups in total. The van der Waals surface area contributed by atoms with E-state index in [4.69, 9.17) is 11.6 Å². The summed E-state index contributed by atoms with van der Waals surface area (Å²) in [5, 5.41) is 11.8. The number of carbonyl (C=O) groups is 2. The van der Waals surface area contributed by atoms with Crippen LogP contribution in [0.2, 0.25) is 5.02 Å². The fourth-order valence-corrected chi connectivity index (χ4v) is 3.28. The van der Waals surface area contributed by atoms with Crippen LogP contribution in [-0.4, -0.2) is 56.4 Å². The molecule has 3 amide bonds. The average molecular weight is 375 g/mol. The zero-order valence-corrected chi connectivity index (χ0v) is 14.9. The minimum absolute atomic E-state index is 0.112. The second-order valence-corrected chi connectivity index (χ2v) is 7.04. The zero-order chi connectivity index (χ0) is 18.1. The standard InChI is InChI=1S/C17H19ClN6O2/c18-12-3-5-13(6-4-12)19-17(26)23-10-15(11-23)24-9-14(20-21-24)8-22-7-1-2-16(22)25/h3-6,9,15H,1-2,7-8,10-11H2,(H,19,26). The monoisotopic (exact) mass is 374 g/mol. The van der Waals surface area contributed by atoms with Gasteiger partial charge in [0, 0.05) is 36.8 Å². The molecule has 0 spiro atoms. The number of hydrogen-bond donors (Lipinski definition) is 1. The molecule has 2 saturated heterocycles. The van der Waals surface area contributed by atoms with E-state index in [-0.39, 0.29) is 18.0 Å². The third-order valence-corrected chi connectivity index (χ3v) is 4.95. The Balaban J connectivity index is 1.28. The van der Waals surface area contributed by atoms with E-state index in [1.54, 1.807) is 38.7 Å². The number of carbonyl (C=O) groups excluding carboxylic acids is 2. The van der Waals surface area contributed by atoms with E-state index >= 15 is 0 Å². The van der Waals surface area contributed by atoms with Crippen molar-refractivity contribution in [3.8, 4) is 0 Å². The van der Waals surface area contributed by atoms with Crippen molar-refractivity contribution in [2.45, 2.75) is 25.4 Å². The number of anilines is 1. The van der Waals surface area contributed by atoms with Gasteiger partial charge in [0.2, 0.25) is 5.91 Å². The lowest BCUT2D eigenvalue weighted by atomic mass is 10.1. The molecule has 9 heteroatoms. The lowest BCUT2D eigenvalue weighted by Crippen LogP contribution is -2.52. The molecule has 0 bridgehead atoms. The third-order valence-electron chi connectivity index (χ3n) is 4.70. The Morgan fingerprint density at radius 1 is 1.27 bits per heavy atom. The van der Waals surface area contributed by atoms with Gasteiger partial charge in [0.1, 0.15) is 5.69 Å². The average Bonchev–Trinajstić information content (AvgIpc) is 3.19. The number of nitrogens with one attached hydrogen (secondary N) is 1. The van der Waals surface area contributed by atoms with E-state index < -0.39 is 0 Å². The highest BCUT2D eigenvalue weighted by molar-refractivity contribution is 6.30. The van der Waals surface area contributed by atoms with Crippen LogP contribution >= 0.6 is 11.6 Å². The highest BCUT2D eigenvalue weighted by Crippen LogP contribution is 2.22. The second kappa shape index (κ2) is 6.95. The minimum Gasteiger partial charge on any atom is -0.337 e. The van der Waals surface area contributed by atoms with E-state index in [9.17, 15) is 9.59 Å².